The Morgan fingerprint density at radius 1 is 1.04 bits per heavy atom. The van der Waals surface area contributed by atoms with Crippen molar-refractivity contribution in [3.63, 3.8) is 0 Å². The number of aryl methyl sites for hydroxylation is 1. The summed E-state index contributed by atoms with van der Waals surface area (Å²) in [5.41, 5.74) is 2.44. The molecule has 3 aromatic rings. The molecule has 3 heterocycles. The fraction of sp³-hybridized carbons (Fsp3) is 0.353. The Morgan fingerprint density at radius 3 is 2.50 bits per heavy atom. The van der Waals surface area contributed by atoms with Crippen molar-refractivity contribution in [2.24, 2.45) is 0 Å². The van der Waals surface area contributed by atoms with Crippen molar-refractivity contribution >= 4 is 21.4 Å². The minimum absolute atomic E-state index is 0.0420. The van der Waals surface area contributed by atoms with E-state index in [1.54, 1.807) is 15.0 Å². The normalized spacial score (nSPS) is 16.3. The second kappa shape index (κ2) is 6.65. The Kier molecular flexibility index (Phi) is 4.33. The van der Waals surface area contributed by atoms with Crippen LogP contribution in [-0.4, -0.2) is 58.7 Å². The lowest BCUT2D eigenvalue weighted by Gasteiger charge is -2.35. The summed E-state index contributed by atoms with van der Waals surface area (Å²) in [4.78, 5) is 2.13. The van der Waals surface area contributed by atoms with E-state index < -0.39 is 10.0 Å². The van der Waals surface area contributed by atoms with Crippen LogP contribution in [0.1, 0.15) is 11.4 Å². The van der Waals surface area contributed by atoms with Crippen LogP contribution in [0.3, 0.4) is 0 Å². The predicted octanol–water partition coefficient (Wildman–Crippen LogP) is 1.08. The van der Waals surface area contributed by atoms with E-state index in [1.165, 1.54) is 0 Å². The van der Waals surface area contributed by atoms with Crippen LogP contribution in [0.15, 0.2) is 42.6 Å². The van der Waals surface area contributed by atoms with E-state index in [0.29, 0.717) is 31.8 Å². The molecule has 1 aliphatic heterocycles. The number of aromatic nitrogens is 4. The molecule has 1 saturated heterocycles. The quantitative estimate of drug-likeness (QED) is 0.682. The highest BCUT2D eigenvalue weighted by Gasteiger charge is 2.27. The maximum absolute atomic E-state index is 12.6. The number of fused-ring (bicyclic) bond motifs is 1. The summed E-state index contributed by atoms with van der Waals surface area (Å²) in [6.45, 7) is 4.03. The smallest absolute Gasteiger partial charge is 0.218 e. The van der Waals surface area contributed by atoms with Crippen LogP contribution < -0.4 is 4.90 Å². The maximum Gasteiger partial charge on any atom is 0.218 e. The van der Waals surface area contributed by atoms with Crippen molar-refractivity contribution < 1.29 is 8.42 Å². The lowest BCUT2D eigenvalue weighted by molar-refractivity contribution is 0.384. The van der Waals surface area contributed by atoms with E-state index in [0.717, 1.165) is 17.1 Å². The van der Waals surface area contributed by atoms with Crippen molar-refractivity contribution in [2.45, 2.75) is 12.7 Å². The zero-order chi connectivity index (χ0) is 18.1. The van der Waals surface area contributed by atoms with Gasteiger partial charge < -0.3 is 4.90 Å². The minimum atomic E-state index is -3.31. The molecule has 0 N–H and O–H groups in total. The molecule has 4 rings (SSSR count). The summed E-state index contributed by atoms with van der Waals surface area (Å²) < 4.78 is 28.6. The summed E-state index contributed by atoms with van der Waals surface area (Å²) in [6.07, 6.45) is 1.78. The Morgan fingerprint density at radius 2 is 1.77 bits per heavy atom. The van der Waals surface area contributed by atoms with E-state index in [-0.39, 0.29) is 5.75 Å². The van der Waals surface area contributed by atoms with Crippen molar-refractivity contribution in [1.29, 1.82) is 0 Å². The van der Waals surface area contributed by atoms with E-state index >= 15 is 0 Å². The maximum atomic E-state index is 12.6. The number of hydrogen-bond acceptors (Lipinski definition) is 6. The van der Waals surface area contributed by atoms with Crippen molar-refractivity contribution in [2.75, 3.05) is 31.1 Å². The molecule has 0 spiro atoms. The van der Waals surface area contributed by atoms with Gasteiger partial charge in [-0.05, 0) is 12.5 Å². The highest BCUT2D eigenvalue weighted by Crippen LogP contribution is 2.19. The van der Waals surface area contributed by atoms with Gasteiger partial charge in [0.25, 0.3) is 0 Å². The second-order valence-corrected chi connectivity index (χ2v) is 8.33. The van der Waals surface area contributed by atoms with Gasteiger partial charge in [-0.1, -0.05) is 30.3 Å². The van der Waals surface area contributed by atoms with Crippen LogP contribution in [0.4, 0.5) is 5.69 Å². The van der Waals surface area contributed by atoms with Crippen LogP contribution in [0.2, 0.25) is 0 Å². The van der Waals surface area contributed by atoms with Crippen LogP contribution >= 0.6 is 0 Å². The zero-order valence-corrected chi connectivity index (χ0v) is 15.3. The molecule has 1 fully saturated rings. The average Bonchev–Trinajstić information content (AvgIpc) is 3.03. The molecule has 0 bridgehead atoms. The van der Waals surface area contributed by atoms with E-state index in [9.17, 15) is 8.42 Å². The summed E-state index contributed by atoms with van der Waals surface area (Å²) >= 11 is 0. The first-order chi connectivity index (χ1) is 12.5. The molecule has 9 heteroatoms. The fourth-order valence-corrected chi connectivity index (χ4v) is 4.68. The van der Waals surface area contributed by atoms with Gasteiger partial charge in [0.2, 0.25) is 10.0 Å². The fourth-order valence-electron chi connectivity index (χ4n) is 3.17. The van der Waals surface area contributed by atoms with Gasteiger partial charge in [0, 0.05) is 32.2 Å². The standard InChI is InChI=1S/C17H20N6O2S/c1-14-19-20-17-11-16(12-18-23(14)17)21-7-9-22(10-8-21)26(24,25)13-15-5-3-2-4-6-15/h2-6,11-12H,7-10,13H2,1H3. The van der Waals surface area contributed by atoms with Gasteiger partial charge in [0.05, 0.1) is 17.6 Å². The average molecular weight is 372 g/mol. The van der Waals surface area contributed by atoms with Crippen molar-refractivity contribution in [3.8, 4) is 0 Å². The monoisotopic (exact) mass is 372 g/mol. The van der Waals surface area contributed by atoms with Crippen LogP contribution in [0, 0.1) is 6.92 Å². The molecule has 0 atom stereocenters. The first kappa shape index (κ1) is 16.9. The molecule has 0 saturated carbocycles. The zero-order valence-electron chi connectivity index (χ0n) is 14.5. The molecule has 2 aromatic heterocycles. The molecule has 0 radical (unpaired) electrons. The number of nitrogens with zero attached hydrogens (tertiary/aromatic N) is 6. The molecular formula is C17H20N6O2S. The molecule has 1 aliphatic rings. The number of benzene rings is 1. The topological polar surface area (TPSA) is 83.7 Å². The van der Waals surface area contributed by atoms with Gasteiger partial charge in [-0.2, -0.15) is 13.9 Å². The molecule has 0 amide bonds. The third-order valence-electron chi connectivity index (χ3n) is 4.59. The number of rotatable bonds is 4. The van der Waals surface area contributed by atoms with Crippen molar-refractivity contribution in [3.05, 3.63) is 54.0 Å². The molecular weight excluding hydrogens is 352 g/mol. The predicted molar refractivity (Wildman–Crippen MR) is 98.4 cm³/mol. The second-order valence-electron chi connectivity index (χ2n) is 6.36. The molecule has 26 heavy (non-hydrogen) atoms. The van der Waals surface area contributed by atoms with Gasteiger partial charge in [-0.15, -0.1) is 10.2 Å². The van der Waals surface area contributed by atoms with Gasteiger partial charge >= 0.3 is 0 Å². The molecule has 8 nitrogen and oxygen atoms in total. The summed E-state index contributed by atoms with van der Waals surface area (Å²) in [5, 5.41) is 12.5. The van der Waals surface area contributed by atoms with Gasteiger partial charge in [-0.25, -0.2) is 8.42 Å². The Balaban J connectivity index is 1.44. The largest absolute Gasteiger partial charge is 0.367 e. The highest BCUT2D eigenvalue weighted by atomic mass is 32.2. The Hall–Kier alpha value is -2.52. The summed E-state index contributed by atoms with van der Waals surface area (Å²) in [7, 11) is -3.31. The van der Waals surface area contributed by atoms with Crippen LogP contribution in [0.5, 0.6) is 0 Å². The van der Waals surface area contributed by atoms with E-state index in [2.05, 4.69) is 20.2 Å². The minimum Gasteiger partial charge on any atom is -0.367 e. The highest BCUT2D eigenvalue weighted by molar-refractivity contribution is 7.88. The number of piperazine rings is 1. The third kappa shape index (κ3) is 3.27. The first-order valence-corrected chi connectivity index (χ1v) is 10.1. The van der Waals surface area contributed by atoms with Gasteiger partial charge in [0.15, 0.2) is 11.5 Å². The number of anilines is 1. The number of sulfonamides is 1. The van der Waals surface area contributed by atoms with E-state index in [1.807, 2.05) is 43.3 Å². The SMILES string of the molecule is Cc1nnc2cc(N3CCN(S(=O)(=O)Cc4ccccc4)CC3)cnn12. The number of hydrogen-bond donors (Lipinski definition) is 0. The molecule has 1 aromatic carbocycles. The van der Waals surface area contributed by atoms with Crippen LogP contribution in [0.25, 0.3) is 5.65 Å². The lowest BCUT2D eigenvalue weighted by atomic mass is 10.2. The molecule has 136 valence electrons. The van der Waals surface area contributed by atoms with Gasteiger partial charge in [-0.3, -0.25) is 0 Å². The third-order valence-corrected chi connectivity index (χ3v) is 6.44. The van der Waals surface area contributed by atoms with Crippen LogP contribution in [-0.2, 0) is 15.8 Å². The molecule has 0 unspecified atom stereocenters. The summed E-state index contributed by atoms with van der Waals surface area (Å²) in [6, 6.07) is 11.2. The lowest BCUT2D eigenvalue weighted by Crippen LogP contribution is -2.49. The first-order valence-electron chi connectivity index (χ1n) is 8.48. The molecule has 0 aliphatic carbocycles. The Labute approximate surface area is 152 Å². The van der Waals surface area contributed by atoms with E-state index in [4.69, 9.17) is 0 Å². The Bertz CT molecular complexity index is 1010. The summed E-state index contributed by atoms with van der Waals surface area (Å²) in [5.74, 6) is 0.781. The van der Waals surface area contributed by atoms with Crippen molar-refractivity contribution in [1.82, 2.24) is 24.1 Å². The van der Waals surface area contributed by atoms with Gasteiger partial charge in [0.1, 0.15) is 0 Å².